The van der Waals surface area contributed by atoms with Crippen LogP contribution in [0.25, 0.3) is 11.4 Å². The number of nitrogens with one attached hydrogen (secondary N) is 2. The third-order valence-electron chi connectivity index (χ3n) is 4.52. The Kier molecular flexibility index (Phi) is 7.99. The number of aromatic amines is 1. The van der Waals surface area contributed by atoms with Crippen molar-refractivity contribution in [2.75, 3.05) is 13.7 Å². The number of benzene rings is 2. The summed E-state index contributed by atoms with van der Waals surface area (Å²) in [6.07, 6.45) is 1.91. The quantitative estimate of drug-likeness (QED) is 0.455. The number of ether oxygens (including phenoxy) is 2. The molecule has 0 bridgehead atoms. The average molecular weight is 455 g/mol. The number of carbonyl (C=O) groups is 1. The molecule has 0 fully saturated rings. The minimum absolute atomic E-state index is 0.136. The van der Waals surface area contributed by atoms with E-state index in [2.05, 4.69) is 27.1 Å². The van der Waals surface area contributed by atoms with Crippen LogP contribution in [0, 0.1) is 0 Å². The molecule has 2 aromatic carbocycles. The van der Waals surface area contributed by atoms with Gasteiger partial charge in [0.1, 0.15) is 12.3 Å². The van der Waals surface area contributed by atoms with Crippen LogP contribution >= 0.6 is 11.6 Å². The summed E-state index contributed by atoms with van der Waals surface area (Å²) < 4.78 is 11.3. The van der Waals surface area contributed by atoms with Crippen LogP contribution in [-0.4, -0.2) is 34.7 Å². The summed E-state index contributed by atoms with van der Waals surface area (Å²) in [6, 6.07) is 12.6. The first-order valence-electron chi connectivity index (χ1n) is 9.89. The molecule has 0 spiro atoms. The van der Waals surface area contributed by atoms with Gasteiger partial charge in [0.05, 0.1) is 7.11 Å². The number of nitrogens with zero attached hydrogens (tertiary/aromatic N) is 2. The summed E-state index contributed by atoms with van der Waals surface area (Å²) in [5, 5.41) is 11.4. The van der Waals surface area contributed by atoms with Crippen LogP contribution in [0.1, 0.15) is 17.7 Å². The van der Waals surface area contributed by atoms with Gasteiger partial charge < -0.3 is 19.8 Å². The fourth-order valence-corrected chi connectivity index (χ4v) is 3.10. The van der Waals surface area contributed by atoms with E-state index in [9.17, 15) is 9.59 Å². The standard InChI is InChI=1S/C23H23ClN4O4/c1-3-11-25-21(29)10-8-18-23(30)26-22(28-27-18)16-7-9-19(20(13-16)31-2)32-14-15-5-4-6-17(24)12-15/h3-7,9,12-13H,1,8,10-11,14H2,2H3,(H,25,29)(H,26,28,30). The Morgan fingerprint density at radius 1 is 1.22 bits per heavy atom. The van der Waals surface area contributed by atoms with Crippen LogP contribution in [0.15, 0.2) is 59.9 Å². The highest BCUT2D eigenvalue weighted by Crippen LogP contribution is 2.31. The third-order valence-corrected chi connectivity index (χ3v) is 4.75. The molecule has 1 amide bonds. The van der Waals surface area contributed by atoms with Crippen LogP contribution in [0.3, 0.4) is 0 Å². The zero-order valence-electron chi connectivity index (χ0n) is 17.6. The average Bonchev–Trinajstić information content (AvgIpc) is 2.80. The SMILES string of the molecule is C=CCNC(=O)CCc1nnc(-c2ccc(OCc3cccc(Cl)c3)c(OC)c2)[nH]c1=O. The molecule has 3 aromatic rings. The van der Waals surface area contributed by atoms with Crippen molar-refractivity contribution in [1.29, 1.82) is 0 Å². The normalized spacial score (nSPS) is 10.4. The second-order valence-electron chi connectivity index (χ2n) is 6.83. The van der Waals surface area contributed by atoms with Gasteiger partial charge in [-0.2, -0.15) is 0 Å². The molecule has 0 atom stereocenters. The van der Waals surface area contributed by atoms with E-state index in [0.717, 1.165) is 5.56 Å². The molecule has 0 saturated carbocycles. The summed E-state index contributed by atoms with van der Waals surface area (Å²) in [6.45, 7) is 4.23. The fourth-order valence-electron chi connectivity index (χ4n) is 2.88. The summed E-state index contributed by atoms with van der Waals surface area (Å²) in [7, 11) is 1.53. The summed E-state index contributed by atoms with van der Waals surface area (Å²) >= 11 is 6.01. The van der Waals surface area contributed by atoms with Crippen LogP contribution in [0.4, 0.5) is 0 Å². The number of methoxy groups -OCH3 is 1. The summed E-state index contributed by atoms with van der Waals surface area (Å²) in [5.74, 6) is 1.12. The monoisotopic (exact) mass is 454 g/mol. The van der Waals surface area contributed by atoms with Crippen LogP contribution in [-0.2, 0) is 17.8 Å². The van der Waals surface area contributed by atoms with Crippen molar-refractivity contribution in [3.8, 4) is 22.9 Å². The van der Waals surface area contributed by atoms with Crippen molar-refractivity contribution in [3.05, 3.63) is 81.8 Å². The van der Waals surface area contributed by atoms with E-state index in [-0.39, 0.29) is 30.3 Å². The molecule has 0 radical (unpaired) electrons. The van der Waals surface area contributed by atoms with Gasteiger partial charge in [-0.3, -0.25) is 9.59 Å². The number of hydrogen-bond acceptors (Lipinski definition) is 6. The first-order chi connectivity index (χ1) is 15.5. The maximum absolute atomic E-state index is 12.4. The lowest BCUT2D eigenvalue weighted by molar-refractivity contribution is -0.120. The molecule has 1 heterocycles. The molecule has 166 valence electrons. The van der Waals surface area contributed by atoms with Crippen LogP contribution in [0.2, 0.25) is 5.02 Å². The molecule has 0 aliphatic carbocycles. The Labute approximate surface area is 190 Å². The second kappa shape index (κ2) is 11.1. The van der Waals surface area contributed by atoms with Crippen molar-refractivity contribution in [2.24, 2.45) is 0 Å². The Morgan fingerprint density at radius 3 is 2.78 bits per heavy atom. The molecule has 8 nitrogen and oxygen atoms in total. The van der Waals surface area contributed by atoms with Crippen molar-refractivity contribution >= 4 is 17.5 Å². The minimum Gasteiger partial charge on any atom is -0.493 e. The Morgan fingerprint density at radius 2 is 2.06 bits per heavy atom. The smallest absolute Gasteiger partial charge is 0.273 e. The van der Waals surface area contributed by atoms with Crippen LogP contribution < -0.4 is 20.3 Å². The van der Waals surface area contributed by atoms with Gasteiger partial charge >= 0.3 is 0 Å². The molecule has 0 saturated heterocycles. The number of H-pyrrole nitrogens is 1. The highest BCUT2D eigenvalue weighted by Gasteiger charge is 2.12. The van der Waals surface area contributed by atoms with E-state index in [1.54, 1.807) is 30.3 Å². The lowest BCUT2D eigenvalue weighted by atomic mass is 10.2. The van der Waals surface area contributed by atoms with Crippen molar-refractivity contribution in [2.45, 2.75) is 19.4 Å². The molecule has 2 N–H and O–H groups in total. The van der Waals surface area contributed by atoms with Gasteiger partial charge in [-0.1, -0.05) is 29.8 Å². The fraction of sp³-hybridized carbons (Fsp3) is 0.217. The van der Waals surface area contributed by atoms with Gasteiger partial charge in [0.2, 0.25) is 5.91 Å². The molecule has 0 unspecified atom stereocenters. The maximum Gasteiger partial charge on any atom is 0.273 e. The number of amides is 1. The Balaban J connectivity index is 1.70. The number of carbonyl (C=O) groups excluding carboxylic acids is 1. The number of halogens is 1. The number of aromatic nitrogens is 3. The predicted molar refractivity (Wildman–Crippen MR) is 122 cm³/mol. The molecule has 9 heteroatoms. The Bertz CT molecular complexity index is 1160. The molecular weight excluding hydrogens is 432 g/mol. The molecule has 0 aliphatic rings. The number of rotatable bonds is 10. The van der Waals surface area contributed by atoms with Crippen molar-refractivity contribution in [1.82, 2.24) is 20.5 Å². The topological polar surface area (TPSA) is 106 Å². The van der Waals surface area contributed by atoms with Crippen LogP contribution in [0.5, 0.6) is 11.5 Å². The molecule has 32 heavy (non-hydrogen) atoms. The van der Waals surface area contributed by atoms with E-state index in [1.807, 2.05) is 18.2 Å². The summed E-state index contributed by atoms with van der Waals surface area (Å²) in [4.78, 5) is 26.8. The number of aryl methyl sites for hydroxylation is 1. The Hall–Kier alpha value is -3.65. The minimum atomic E-state index is -0.397. The van der Waals surface area contributed by atoms with Gasteiger partial charge in [0.25, 0.3) is 5.56 Å². The summed E-state index contributed by atoms with van der Waals surface area (Å²) in [5.41, 5.74) is 1.33. The maximum atomic E-state index is 12.4. The molecule has 1 aromatic heterocycles. The first kappa shape index (κ1) is 23.0. The zero-order valence-corrected chi connectivity index (χ0v) is 18.3. The van der Waals surface area contributed by atoms with E-state index in [0.29, 0.717) is 35.2 Å². The van der Waals surface area contributed by atoms with Crippen molar-refractivity contribution < 1.29 is 14.3 Å². The van der Waals surface area contributed by atoms with Gasteiger partial charge in [-0.05, 0) is 35.9 Å². The third kappa shape index (κ3) is 6.18. The first-order valence-corrected chi connectivity index (χ1v) is 10.3. The van der Waals surface area contributed by atoms with E-state index >= 15 is 0 Å². The molecular formula is C23H23ClN4O4. The predicted octanol–water partition coefficient (Wildman–Crippen LogP) is 3.31. The zero-order chi connectivity index (χ0) is 22.9. The van der Waals surface area contributed by atoms with E-state index in [4.69, 9.17) is 21.1 Å². The number of hydrogen-bond donors (Lipinski definition) is 2. The van der Waals surface area contributed by atoms with Gasteiger partial charge in [0, 0.05) is 30.0 Å². The van der Waals surface area contributed by atoms with E-state index < -0.39 is 5.56 Å². The lowest BCUT2D eigenvalue weighted by Gasteiger charge is -2.12. The molecule has 0 aliphatic heterocycles. The van der Waals surface area contributed by atoms with Gasteiger partial charge in [-0.15, -0.1) is 16.8 Å². The van der Waals surface area contributed by atoms with Gasteiger partial charge in [-0.25, -0.2) is 0 Å². The highest BCUT2D eigenvalue weighted by atomic mass is 35.5. The highest BCUT2D eigenvalue weighted by molar-refractivity contribution is 6.30. The second-order valence-corrected chi connectivity index (χ2v) is 7.26. The molecule has 3 rings (SSSR count). The largest absolute Gasteiger partial charge is 0.493 e. The van der Waals surface area contributed by atoms with E-state index in [1.165, 1.54) is 7.11 Å². The lowest BCUT2D eigenvalue weighted by Crippen LogP contribution is -2.25. The van der Waals surface area contributed by atoms with Gasteiger partial charge in [0.15, 0.2) is 17.3 Å². The van der Waals surface area contributed by atoms with Crippen molar-refractivity contribution in [3.63, 3.8) is 0 Å².